The molecule has 0 spiro atoms. The highest BCUT2D eigenvalue weighted by molar-refractivity contribution is 6.02. The lowest BCUT2D eigenvalue weighted by Crippen LogP contribution is -2.27. The van der Waals surface area contributed by atoms with Crippen molar-refractivity contribution in [1.82, 2.24) is 4.90 Å². The number of ether oxygens (including phenoxy) is 1. The second-order valence-electron chi connectivity index (χ2n) is 3.45. The van der Waals surface area contributed by atoms with Crippen LogP contribution in [0.1, 0.15) is 5.56 Å². The molecule has 0 aromatic heterocycles. The molecule has 1 aromatic rings. The molecule has 4 heteroatoms. The van der Waals surface area contributed by atoms with E-state index in [1.807, 2.05) is 4.90 Å². The van der Waals surface area contributed by atoms with Crippen LogP contribution in [0.5, 0.6) is 11.5 Å². The molecule has 0 unspecified atom stereocenters. The Morgan fingerprint density at radius 2 is 2.38 bits per heavy atom. The minimum atomic E-state index is 0.196. The zero-order valence-corrected chi connectivity index (χ0v) is 9.18. The van der Waals surface area contributed by atoms with Gasteiger partial charge in [0.05, 0.1) is 12.1 Å². The molecular weight excluding hydrogens is 204 g/mol. The van der Waals surface area contributed by atoms with Crippen LogP contribution in [0, 0.1) is 0 Å². The van der Waals surface area contributed by atoms with E-state index in [0.717, 1.165) is 11.4 Å². The normalized spacial score (nSPS) is 17.6. The third-order valence-corrected chi connectivity index (χ3v) is 2.50. The summed E-state index contributed by atoms with van der Waals surface area (Å²) in [5.74, 6) is 1.66. The maximum atomic E-state index is 9.41. The zero-order valence-electron chi connectivity index (χ0n) is 9.18. The number of hydrogen-bond donors (Lipinski definition) is 1. The van der Waals surface area contributed by atoms with Gasteiger partial charge in [0, 0.05) is 13.1 Å². The number of aliphatic imine (C=N–C) groups is 1. The molecule has 0 bridgehead atoms. The summed E-state index contributed by atoms with van der Waals surface area (Å²) in [4.78, 5) is 6.17. The monoisotopic (exact) mass is 218 g/mol. The van der Waals surface area contributed by atoms with Crippen molar-refractivity contribution in [2.75, 3.05) is 20.2 Å². The average molecular weight is 218 g/mol. The van der Waals surface area contributed by atoms with Gasteiger partial charge in [-0.2, -0.15) is 0 Å². The van der Waals surface area contributed by atoms with Gasteiger partial charge in [-0.15, -0.1) is 0 Å². The summed E-state index contributed by atoms with van der Waals surface area (Å²) in [6.07, 6.45) is 1.73. The average Bonchev–Trinajstić information content (AvgIpc) is 2.46. The third-order valence-electron chi connectivity index (χ3n) is 2.50. The number of amidine groups is 1. The van der Waals surface area contributed by atoms with Crippen LogP contribution in [0.15, 0.2) is 36.0 Å². The van der Waals surface area contributed by atoms with E-state index in [9.17, 15) is 5.11 Å². The molecule has 1 aliphatic heterocycles. The lowest BCUT2D eigenvalue weighted by molar-refractivity contribution is 0.300. The van der Waals surface area contributed by atoms with Crippen molar-refractivity contribution < 1.29 is 9.84 Å². The van der Waals surface area contributed by atoms with Gasteiger partial charge in [-0.3, -0.25) is 4.99 Å². The highest BCUT2D eigenvalue weighted by Crippen LogP contribution is 2.27. The highest BCUT2D eigenvalue weighted by atomic mass is 16.5. The summed E-state index contributed by atoms with van der Waals surface area (Å²) in [6.45, 7) is 5.00. The Balaban J connectivity index is 2.53. The molecule has 2 rings (SSSR count). The van der Waals surface area contributed by atoms with E-state index in [0.29, 0.717) is 18.9 Å². The maximum Gasteiger partial charge on any atom is 0.138 e. The van der Waals surface area contributed by atoms with Crippen LogP contribution in [-0.2, 0) is 0 Å². The van der Waals surface area contributed by atoms with Crippen molar-refractivity contribution in [3.8, 4) is 11.5 Å². The summed E-state index contributed by atoms with van der Waals surface area (Å²) < 4.78 is 5.56. The minimum Gasteiger partial charge on any atom is -0.508 e. The number of phenols is 1. The fourth-order valence-electron chi connectivity index (χ4n) is 1.76. The van der Waals surface area contributed by atoms with Crippen LogP contribution in [0.4, 0.5) is 0 Å². The zero-order chi connectivity index (χ0) is 11.5. The van der Waals surface area contributed by atoms with Gasteiger partial charge < -0.3 is 14.7 Å². The molecule has 0 amide bonds. The number of fused-ring (bicyclic) bond motifs is 1. The van der Waals surface area contributed by atoms with Gasteiger partial charge in [0.1, 0.15) is 23.9 Å². The minimum absolute atomic E-state index is 0.196. The van der Waals surface area contributed by atoms with Crippen molar-refractivity contribution in [2.45, 2.75) is 0 Å². The maximum absolute atomic E-state index is 9.41. The largest absolute Gasteiger partial charge is 0.508 e. The van der Waals surface area contributed by atoms with E-state index in [4.69, 9.17) is 4.74 Å². The molecule has 0 atom stereocenters. The first-order valence-electron chi connectivity index (χ1n) is 5.08. The summed E-state index contributed by atoms with van der Waals surface area (Å²) in [7, 11) is 1.73. The first-order chi connectivity index (χ1) is 7.76. The number of hydrogen-bond acceptors (Lipinski definition) is 3. The quantitative estimate of drug-likeness (QED) is 0.778. The van der Waals surface area contributed by atoms with E-state index in [-0.39, 0.29) is 5.75 Å². The number of aromatic hydroxyl groups is 1. The van der Waals surface area contributed by atoms with E-state index < -0.39 is 0 Å². The molecular formula is C12H14N2O2. The van der Waals surface area contributed by atoms with Crippen molar-refractivity contribution in [3.05, 3.63) is 36.5 Å². The molecule has 1 heterocycles. The number of benzene rings is 1. The summed E-state index contributed by atoms with van der Waals surface area (Å²) in [5.41, 5.74) is 0.873. The Labute approximate surface area is 94.5 Å². The Kier molecular flexibility index (Phi) is 2.81. The molecule has 1 N–H and O–H groups in total. The topological polar surface area (TPSA) is 45.1 Å². The van der Waals surface area contributed by atoms with Crippen LogP contribution in [0.25, 0.3) is 0 Å². The molecule has 0 fully saturated rings. The standard InChI is InChI=1S/C12H14N2O2/c1-3-14-6-7-16-11-8-9(15)4-5-10(11)12(14)13-2/h3-5,8,15H,1,6-7H2,2H3. The van der Waals surface area contributed by atoms with Crippen LogP contribution in [-0.4, -0.2) is 36.0 Å². The van der Waals surface area contributed by atoms with Gasteiger partial charge in [0.15, 0.2) is 0 Å². The lowest BCUT2D eigenvalue weighted by Gasteiger charge is -2.18. The van der Waals surface area contributed by atoms with Crippen LogP contribution in [0.2, 0.25) is 0 Å². The third kappa shape index (κ3) is 1.74. The van der Waals surface area contributed by atoms with Crippen LogP contribution < -0.4 is 4.74 Å². The van der Waals surface area contributed by atoms with E-state index in [1.54, 1.807) is 31.4 Å². The summed E-state index contributed by atoms with van der Waals surface area (Å²) in [6, 6.07) is 5.03. The van der Waals surface area contributed by atoms with Crippen LogP contribution >= 0.6 is 0 Å². The molecule has 1 aliphatic rings. The second-order valence-corrected chi connectivity index (χ2v) is 3.45. The molecule has 4 nitrogen and oxygen atoms in total. The molecule has 0 saturated heterocycles. The van der Waals surface area contributed by atoms with E-state index in [2.05, 4.69) is 11.6 Å². The van der Waals surface area contributed by atoms with Gasteiger partial charge >= 0.3 is 0 Å². The Morgan fingerprint density at radius 3 is 3.06 bits per heavy atom. The van der Waals surface area contributed by atoms with Crippen LogP contribution in [0.3, 0.4) is 0 Å². The first kappa shape index (κ1) is 10.5. The van der Waals surface area contributed by atoms with E-state index in [1.165, 1.54) is 0 Å². The number of nitrogens with zero attached hydrogens (tertiary/aromatic N) is 2. The second kappa shape index (κ2) is 4.26. The first-order valence-corrected chi connectivity index (χ1v) is 5.08. The Morgan fingerprint density at radius 1 is 1.56 bits per heavy atom. The number of phenolic OH excluding ortho intramolecular Hbond substituents is 1. The molecule has 0 radical (unpaired) electrons. The molecule has 0 aliphatic carbocycles. The molecule has 0 saturated carbocycles. The van der Waals surface area contributed by atoms with Gasteiger partial charge in [-0.25, -0.2) is 0 Å². The fraction of sp³-hybridized carbons (Fsp3) is 0.250. The predicted octanol–water partition coefficient (Wildman–Crippen LogP) is 1.61. The van der Waals surface area contributed by atoms with E-state index >= 15 is 0 Å². The predicted molar refractivity (Wildman–Crippen MR) is 63.0 cm³/mol. The molecule has 16 heavy (non-hydrogen) atoms. The molecule has 1 aromatic carbocycles. The van der Waals surface area contributed by atoms with Crippen molar-refractivity contribution in [3.63, 3.8) is 0 Å². The Hall–Kier alpha value is -1.97. The summed E-state index contributed by atoms with van der Waals surface area (Å²) >= 11 is 0. The van der Waals surface area contributed by atoms with Gasteiger partial charge in [0.2, 0.25) is 0 Å². The fourth-order valence-corrected chi connectivity index (χ4v) is 1.76. The SMILES string of the molecule is C=CN1CCOc2cc(O)ccc2C1=NC. The molecule has 84 valence electrons. The van der Waals surface area contributed by atoms with Crippen molar-refractivity contribution >= 4 is 5.84 Å². The van der Waals surface area contributed by atoms with Crippen molar-refractivity contribution in [2.24, 2.45) is 4.99 Å². The Bertz CT molecular complexity index is 441. The number of rotatable bonds is 1. The van der Waals surface area contributed by atoms with Gasteiger partial charge in [-0.1, -0.05) is 6.58 Å². The summed E-state index contributed by atoms with van der Waals surface area (Å²) in [5, 5.41) is 9.41. The van der Waals surface area contributed by atoms with Gasteiger partial charge in [-0.05, 0) is 18.3 Å². The highest BCUT2D eigenvalue weighted by Gasteiger charge is 2.19. The van der Waals surface area contributed by atoms with Gasteiger partial charge in [0.25, 0.3) is 0 Å². The lowest BCUT2D eigenvalue weighted by atomic mass is 10.1. The smallest absolute Gasteiger partial charge is 0.138 e. The van der Waals surface area contributed by atoms with Crippen molar-refractivity contribution in [1.29, 1.82) is 0 Å².